The van der Waals surface area contributed by atoms with Crippen LogP contribution >= 0.6 is 11.3 Å². The molecule has 4 aliphatic rings. The molecule has 0 radical (unpaired) electrons. The second-order valence-corrected chi connectivity index (χ2v) is 22.7. The van der Waals surface area contributed by atoms with E-state index < -0.39 is 23.9 Å². The number of nitrogens with zero attached hydrogens (tertiary/aromatic N) is 8. The van der Waals surface area contributed by atoms with Crippen LogP contribution < -0.4 is 19.7 Å². The zero-order valence-corrected chi connectivity index (χ0v) is 45.3. The van der Waals surface area contributed by atoms with Crippen molar-refractivity contribution in [3.05, 3.63) is 101 Å². The van der Waals surface area contributed by atoms with E-state index in [1.165, 1.54) is 4.90 Å². The number of nitrogens with one attached hydrogen (secondary N) is 1. The van der Waals surface area contributed by atoms with Crippen molar-refractivity contribution in [1.82, 2.24) is 40.2 Å². The number of carbonyl (C=O) groups is 2. The third kappa shape index (κ3) is 10.3. The van der Waals surface area contributed by atoms with E-state index in [-0.39, 0.29) is 77.2 Å². The third-order valence-electron chi connectivity index (χ3n) is 16.5. The first kappa shape index (κ1) is 52.3. The Bertz CT molecular complexity index is 3290. The van der Waals surface area contributed by atoms with E-state index in [9.17, 15) is 19.8 Å². The van der Waals surface area contributed by atoms with Gasteiger partial charge in [-0.15, -0.1) is 11.3 Å². The van der Waals surface area contributed by atoms with Gasteiger partial charge >= 0.3 is 6.01 Å². The molecule has 6 atom stereocenters. The van der Waals surface area contributed by atoms with Gasteiger partial charge in [-0.1, -0.05) is 76.1 Å². The van der Waals surface area contributed by atoms with Crippen LogP contribution in [0.4, 0.5) is 10.2 Å². The highest BCUT2D eigenvalue weighted by Crippen LogP contribution is 2.44. The number of fused-ring (bicyclic) bond motifs is 3. The first-order chi connectivity index (χ1) is 37.3. The predicted molar refractivity (Wildman–Crippen MR) is 294 cm³/mol. The van der Waals surface area contributed by atoms with Crippen molar-refractivity contribution >= 4 is 50.6 Å². The maximum atomic E-state index is 17.3. The Labute approximate surface area is 452 Å². The summed E-state index contributed by atoms with van der Waals surface area (Å²) in [4.78, 5) is 54.5. The summed E-state index contributed by atoms with van der Waals surface area (Å²) >= 11 is 1.58. The largest absolute Gasteiger partial charge is 0.508 e. The number of aliphatic hydroxyl groups excluding tert-OH is 1. The van der Waals surface area contributed by atoms with Crippen LogP contribution in [0.5, 0.6) is 17.6 Å². The van der Waals surface area contributed by atoms with E-state index in [0.717, 1.165) is 115 Å². The van der Waals surface area contributed by atoms with Crippen molar-refractivity contribution in [3.8, 4) is 39.3 Å². The van der Waals surface area contributed by atoms with Crippen LogP contribution in [0.3, 0.4) is 0 Å². The summed E-state index contributed by atoms with van der Waals surface area (Å²) < 4.78 is 36.1. The molecular weight excluding hydrogens is 998 g/mol. The predicted octanol–water partition coefficient (Wildman–Crippen LogP) is 10.1. The zero-order chi connectivity index (χ0) is 53.5. The van der Waals surface area contributed by atoms with Crippen LogP contribution in [0.1, 0.15) is 120 Å². The monoisotopic (exact) mass is 1070 g/mol. The Kier molecular flexibility index (Phi) is 14.9. The molecule has 0 unspecified atom stereocenters. The number of aromatic nitrogens is 5. The number of aromatic hydroxyl groups is 1. The molecule has 3 aromatic carbocycles. The lowest BCUT2D eigenvalue weighted by Crippen LogP contribution is -2.48. The number of thiazole rings is 1. The lowest BCUT2D eigenvalue weighted by atomic mass is 9.91. The van der Waals surface area contributed by atoms with Crippen molar-refractivity contribution in [2.45, 2.75) is 135 Å². The molecule has 18 heteroatoms. The number of halogens is 1. The van der Waals surface area contributed by atoms with E-state index in [0.29, 0.717) is 35.7 Å². The standard InChI is InChI=1S/C59H68FN9O7S/c1-6-37-13-11-14-40-25-42(70)26-44(50(37)40)52-51(60)53-45(29-61-52)55(67-22-9-7-8-10-23-67)65-58(64-53)75-32-59-20-12-24-69(59)41(19-21-59)31-74-48-28-47(76-66-48)49(34(2)3)57(73)68-30-43(71)27-46(68)56(72)63-35(4)38-15-17-39(18-16-38)54-36(5)62-33-77-54/h11,13-18,25-26,28-29,33-35,41,43,46,49,70-71H,6-10,12,19-24,27,30-32H2,1-5H3,(H,63,72)/t35-,41-,43+,46-,49+,59+/m0/s1. The Morgan fingerprint density at radius 2 is 1.78 bits per heavy atom. The molecule has 0 saturated carbocycles. The molecule has 3 N–H and O–H groups in total. The number of β-amino-alcohol motifs (C(OH)–C–C–N with tert-alkyl or cyclic N) is 1. The molecule has 4 fully saturated rings. The Morgan fingerprint density at radius 1 is 0.974 bits per heavy atom. The quantitative estimate of drug-likeness (QED) is 0.0828. The molecule has 0 spiro atoms. The van der Waals surface area contributed by atoms with Crippen molar-refractivity contribution in [2.24, 2.45) is 5.92 Å². The fourth-order valence-corrected chi connectivity index (χ4v) is 13.4. The van der Waals surface area contributed by atoms with Crippen LogP contribution in [0.15, 0.2) is 76.9 Å². The molecule has 77 heavy (non-hydrogen) atoms. The van der Waals surface area contributed by atoms with Gasteiger partial charge in [-0.05, 0) is 116 Å². The smallest absolute Gasteiger partial charge is 0.319 e. The maximum absolute atomic E-state index is 17.3. The highest BCUT2D eigenvalue weighted by Gasteiger charge is 2.50. The van der Waals surface area contributed by atoms with Crippen LogP contribution in [-0.4, -0.2) is 120 Å². The average molecular weight is 1070 g/mol. The fourth-order valence-electron chi connectivity index (χ4n) is 12.5. The average Bonchev–Trinajstić information content (AvgIpc) is 4.34. The molecule has 4 aliphatic heterocycles. The normalized spacial score (nSPS) is 21.7. The summed E-state index contributed by atoms with van der Waals surface area (Å²) in [7, 11) is 0. The molecule has 0 aliphatic carbocycles. The third-order valence-corrected chi connectivity index (χ3v) is 17.5. The summed E-state index contributed by atoms with van der Waals surface area (Å²) in [5, 5.41) is 31.2. The lowest BCUT2D eigenvalue weighted by Gasteiger charge is -2.34. The molecule has 16 nitrogen and oxygen atoms in total. The summed E-state index contributed by atoms with van der Waals surface area (Å²) in [6, 6.07) is 17.8. The van der Waals surface area contributed by atoms with Gasteiger partial charge in [0.05, 0.1) is 39.2 Å². The van der Waals surface area contributed by atoms with Crippen LogP contribution in [0.25, 0.3) is 43.4 Å². The number of rotatable bonds is 16. The Hall–Kier alpha value is -6.76. The van der Waals surface area contributed by atoms with Gasteiger partial charge in [0.2, 0.25) is 11.8 Å². The second-order valence-electron chi connectivity index (χ2n) is 21.9. The number of ether oxygens (including phenoxy) is 2. The first-order valence-electron chi connectivity index (χ1n) is 27.4. The number of pyridine rings is 1. The number of carbonyl (C=O) groups excluding carboxylic acids is 2. The number of aliphatic hydroxyl groups is 1. The van der Waals surface area contributed by atoms with Gasteiger partial charge in [0.15, 0.2) is 11.6 Å². The van der Waals surface area contributed by atoms with Crippen LogP contribution in [-0.2, 0) is 16.0 Å². The lowest BCUT2D eigenvalue weighted by molar-refractivity contribution is -0.141. The van der Waals surface area contributed by atoms with Crippen molar-refractivity contribution in [2.75, 3.05) is 44.3 Å². The summed E-state index contributed by atoms with van der Waals surface area (Å²) in [6.45, 7) is 12.9. The maximum Gasteiger partial charge on any atom is 0.319 e. The Morgan fingerprint density at radius 3 is 2.53 bits per heavy atom. The first-order valence-corrected chi connectivity index (χ1v) is 28.3. The topological polar surface area (TPSA) is 192 Å². The number of amides is 2. The molecule has 4 aromatic heterocycles. The van der Waals surface area contributed by atoms with Crippen LogP contribution in [0.2, 0.25) is 0 Å². The number of hydrogen-bond acceptors (Lipinski definition) is 15. The molecular formula is C59H68FN9O7S. The van der Waals surface area contributed by atoms with Gasteiger partial charge in [-0.25, -0.2) is 9.37 Å². The van der Waals surface area contributed by atoms with E-state index >= 15 is 4.39 Å². The van der Waals surface area contributed by atoms with Gasteiger partial charge in [-0.3, -0.25) is 19.5 Å². The van der Waals surface area contributed by atoms with Crippen LogP contribution in [0, 0.1) is 18.7 Å². The van der Waals surface area contributed by atoms with Gasteiger partial charge in [-0.2, -0.15) is 9.97 Å². The Balaban J connectivity index is 0.770. The number of aryl methyl sites for hydroxylation is 2. The number of benzene rings is 3. The minimum absolute atomic E-state index is 0.0254. The molecule has 404 valence electrons. The number of hydrogen-bond donors (Lipinski definition) is 3. The number of phenolic OH excluding ortho intramolecular Hbond substituents is 1. The van der Waals surface area contributed by atoms with E-state index in [4.69, 9.17) is 28.9 Å². The van der Waals surface area contributed by atoms with E-state index in [2.05, 4.69) is 32.2 Å². The van der Waals surface area contributed by atoms with E-state index in [1.54, 1.807) is 35.7 Å². The van der Waals surface area contributed by atoms with E-state index in [1.807, 2.05) is 75.7 Å². The number of anilines is 1. The van der Waals surface area contributed by atoms with Crippen molar-refractivity contribution in [1.29, 1.82) is 0 Å². The summed E-state index contributed by atoms with van der Waals surface area (Å²) in [5.74, 6) is -1.00. The number of phenols is 1. The summed E-state index contributed by atoms with van der Waals surface area (Å²) in [6.07, 6.45) is 9.44. The van der Waals surface area contributed by atoms with Gasteiger partial charge < -0.3 is 39.3 Å². The fraction of sp³-hybridized carbons (Fsp3) is 0.475. The SMILES string of the molecule is CCc1cccc2cc(O)cc(-c3ncc4c(N5CCCCCC5)nc(OC[C@]56CCCN5[C@H](COc5cc([C@H](C(=O)N7C[C@H](O)C[C@H]7C(=O)N[C@@H](C)c7ccc(-c8scnc8C)cc7)C(C)C)on5)CC6)nc4c3F)c12. The molecule has 7 aromatic rings. The molecule has 11 rings (SSSR count). The van der Waals surface area contributed by atoms with Crippen molar-refractivity contribution < 1.29 is 38.2 Å². The molecule has 0 bridgehead atoms. The molecule has 4 saturated heterocycles. The molecule has 2 amide bonds. The summed E-state index contributed by atoms with van der Waals surface area (Å²) in [5.41, 5.74) is 6.24. The molecule has 8 heterocycles. The highest BCUT2D eigenvalue weighted by molar-refractivity contribution is 7.13. The van der Waals surface area contributed by atoms with Gasteiger partial charge in [0.1, 0.15) is 48.0 Å². The van der Waals surface area contributed by atoms with Crippen molar-refractivity contribution in [3.63, 3.8) is 0 Å². The second kappa shape index (κ2) is 21.9. The zero-order valence-electron chi connectivity index (χ0n) is 44.5. The highest BCUT2D eigenvalue weighted by atomic mass is 32.1. The van der Waals surface area contributed by atoms with Gasteiger partial charge in [0.25, 0.3) is 5.88 Å². The minimum atomic E-state index is -0.863. The minimum Gasteiger partial charge on any atom is -0.508 e. The number of likely N-dealkylation sites (tertiary alicyclic amines) is 1. The van der Waals surface area contributed by atoms with Gasteiger partial charge in [0, 0.05) is 49.9 Å².